The van der Waals surface area contributed by atoms with Gasteiger partial charge in [-0.05, 0) is 56.3 Å². The number of sulfone groups is 1. The number of hydrogen-bond donors (Lipinski definition) is 2. The number of ether oxygens (including phenoxy) is 1. The summed E-state index contributed by atoms with van der Waals surface area (Å²) >= 11 is 6.34. The number of aliphatic hydroxyl groups is 1. The van der Waals surface area contributed by atoms with E-state index in [1.807, 2.05) is 0 Å². The maximum absolute atomic E-state index is 13.0. The van der Waals surface area contributed by atoms with Crippen molar-refractivity contribution in [1.82, 2.24) is 4.57 Å². The van der Waals surface area contributed by atoms with Crippen molar-refractivity contribution >= 4 is 33.0 Å². The number of aromatic nitrogens is 1. The quantitative estimate of drug-likeness (QED) is 0.459. The van der Waals surface area contributed by atoms with E-state index in [1.54, 1.807) is 24.5 Å². The van der Waals surface area contributed by atoms with Gasteiger partial charge in [-0.1, -0.05) is 11.6 Å². The minimum absolute atomic E-state index is 0.110. The average Bonchev–Trinajstić information content (AvgIpc) is 3.03. The maximum atomic E-state index is 13.0. The molecule has 1 amide bonds. The lowest BCUT2D eigenvalue weighted by atomic mass is 10.2. The van der Waals surface area contributed by atoms with E-state index in [4.69, 9.17) is 11.6 Å². The van der Waals surface area contributed by atoms with E-state index in [2.05, 4.69) is 10.1 Å². The van der Waals surface area contributed by atoms with E-state index >= 15 is 0 Å². The molecular weight excluding hydrogens is 490 g/mol. The lowest BCUT2D eigenvalue weighted by molar-refractivity contribution is -0.0498. The monoisotopic (exact) mass is 512 g/mol. The summed E-state index contributed by atoms with van der Waals surface area (Å²) < 4.78 is 54.4. The molecule has 1 atom stereocenters. The smallest absolute Gasteiger partial charge is 0.387 e. The van der Waals surface area contributed by atoms with Crippen molar-refractivity contribution in [2.75, 3.05) is 11.6 Å². The highest BCUT2D eigenvalue weighted by molar-refractivity contribution is 7.90. The number of halogens is 3. The van der Waals surface area contributed by atoms with Crippen LogP contribution < -0.4 is 10.1 Å². The second kappa shape index (κ2) is 10.1. The molecule has 2 aromatic carbocycles. The Morgan fingerprint density at radius 2 is 1.82 bits per heavy atom. The van der Waals surface area contributed by atoms with Gasteiger partial charge in [0.25, 0.3) is 5.91 Å². The largest absolute Gasteiger partial charge is 0.435 e. The van der Waals surface area contributed by atoms with E-state index in [0.29, 0.717) is 28.3 Å². The van der Waals surface area contributed by atoms with Crippen molar-refractivity contribution in [3.63, 3.8) is 0 Å². The highest BCUT2D eigenvalue weighted by atomic mass is 35.5. The molecule has 182 valence electrons. The molecule has 0 bridgehead atoms. The SMILES string of the molecule is Cc1c(C(=O)Nc2ccc(S(C)(=O)=O)cc2)cc(C[C@H](C)O)n1-c1ccc(OC(F)F)cc1Cl. The summed E-state index contributed by atoms with van der Waals surface area (Å²) in [4.78, 5) is 13.1. The van der Waals surface area contributed by atoms with Gasteiger partial charge in [0.15, 0.2) is 9.84 Å². The fourth-order valence-corrected chi connectivity index (χ4v) is 4.40. The molecule has 0 aliphatic carbocycles. The molecular formula is C23H23ClF2N2O5S. The van der Waals surface area contributed by atoms with Gasteiger partial charge in [-0.3, -0.25) is 4.79 Å². The van der Waals surface area contributed by atoms with Crippen molar-refractivity contribution < 1.29 is 31.8 Å². The van der Waals surface area contributed by atoms with E-state index < -0.39 is 28.5 Å². The fourth-order valence-electron chi connectivity index (χ4n) is 3.52. The van der Waals surface area contributed by atoms with Crippen molar-refractivity contribution in [3.8, 4) is 11.4 Å². The fraction of sp³-hybridized carbons (Fsp3) is 0.261. The molecule has 0 unspecified atom stereocenters. The molecule has 0 saturated carbocycles. The zero-order chi connectivity index (χ0) is 25.2. The van der Waals surface area contributed by atoms with Crippen LogP contribution in [0.4, 0.5) is 14.5 Å². The summed E-state index contributed by atoms with van der Waals surface area (Å²) in [7, 11) is -3.37. The number of alkyl halides is 2. The number of carbonyl (C=O) groups is 1. The standard InChI is InChI=1S/C23H23ClF2N2O5S/c1-13(29)10-16-11-19(22(30)27-15-4-7-18(8-5-15)34(3,31)32)14(2)28(16)21-9-6-17(12-20(21)24)33-23(25)26/h4-9,11-13,23,29H,10H2,1-3H3,(H,27,30)/t13-/m0/s1. The Morgan fingerprint density at radius 3 is 2.35 bits per heavy atom. The first-order valence-electron chi connectivity index (χ1n) is 10.1. The molecule has 1 aromatic heterocycles. The van der Waals surface area contributed by atoms with Crippen molar-refractivity contribution in [3.05, 3.63) is 70.5 Å². The first-order valence-corrected chi connectivity index (χ1v) is 12.4. The third kappa shape index (κ3) is 5.94. The van der Waals surface area contributed by atoms with Crippen LogP contribution in [0.25, 0.3) is 5.69 Å². The Labute approximate surface area is 200 Å². The Hall–Kier alpha value is -2.95. The molecule has 34 heavy (non-hydrogen) atoms. The molecule has 11 heteroatoms. The Kier molecular flexibility index (Phi) is 7.64. The van der Waals surface area contributed by atoms with Crippen LogP contribution in [-0.2, 0) is 16.3 Å². The zero-order valence-corrected chi connectivity index (χ0v) is 20.1. The van der Waals surface area contributed by atoms with Crippen LogP contribution in [0.2, 0.25) is 5.02 Å². The minimum atomic E-state index is -3.37. The van der Waals surface area contributed by atoms with Gasteiger partial charge in [-0.2, -0.15) is 8.78 Å². The zero-order valence-electron chi connectivity index (χ0n) is 18.6. The number of carbonyl (C=O) groups excluding carboxylic acids is 1. The Morgan fingerprint density at radius 1 is 1.18 bits per heavy atom. The highest BCUT2D eigenvalue weighted by Crippen LogP contribution is 2.31. The second-order valence-electron chi connectivity index (χ2n) is 7.77. The predicted molar refractivity (Wildman–Crippen MR) is 125 cm³/mol. The third-order valence-corrected chi connectivity index (χ3v) is 6.43. The van der Waals surface area contributed by atoms with E-state index in [0.717, 1.165) is 6.26 Å². The first-order chi connectivity index (χ1) is 15.9. The predicted octanol–water partition coefficient (Wildman–Crippen LogP) is 4.62. The number of rotatable bonds is 8. The number of nitrogens with zero attached hydrogens (tertiary/aromatic N) is 1. The minimum Gasteiger partial charge on any atom is -0.435 e. The molecule has 0 radical (unpaired) electrons. The maximum Gasteiger partial charge on any atom is 0.387 e. The molecule has 0 saturated heterocycles. The first kappa shape index (κ1) is 25.7. The van der Waals surface area contributed by atoms with Crippen LogP contribution in [0.1, 0.15) is 28.7 Å². The lowest BCUT2D eigenvalue weighted by Crippen LogP contribution is -2.13. The van der Waals surface area contributed by atoms with Gasteiger partial charge in [0.2, 0.25) is 0 Å². The molecule has 3 rings (SSSR count). The second-order valence-corrected chi connectivity index (χ2v) is 10.2. The summed E-state index contributed by atoms with van der Waals surface area (Å²) in [6.45, 7) is 0.284. The molecule has 0 aliphatic rings. The van der Waals surface area contributed by atoms with Gasteiger partial charge in [0, 0.05) is 35.8 Å². The molecule has 0 fully saturated rings. The Balaban J connectivity index is 1.98. The van der Waals surface area contributed by atoms with Gasteiger partial charge in [-0.25, -0.2) is 8.42 Å². The van der Waals surface area contributed by atoms with Crippen LogP contribution in [0, 0.1) is 6.92 Å². The molecule has 3 aromatic rings. The van der Waals surface area contributed by atoms with Crippen molar-refractivity contribution in [2.45, 2.75) is 37.9 Å². The van der Waals surface area contributed by atoms with E-state index in [1.165, 1.54) is 42.5 Å². The Bertz CT molecular complexity index is 1310. The van der Waals surface area contributed by atoms with Gasteiger partial charge >= 0.3 is 6.61 Å². The summed E-state index contributed by atoms with van der Waals surface area (Å²) in [5, 5.41) is 12.8. The number of aliphatic hydroxyl groups excluding tert-OH is 1. The van der Waals surface area contributed by atoms with Gasteiger partial charge in [-0.15, -0.1) is 0 Å². The summed E-state index contributed by atoms with van der Waals surface area (Å²) in [5.74, 6) is -0.565. The lowest BCUT2D eigenvalue weighted by Gasteiger charge is -2.16. The molecule has 2 N–H and O–H groups in total. The third-order valence-electron chi connectivity index (χ3n) is 5.00. The summed E-state index contributed by atoms with van der Waals surface area (Å²) in [6, 6.07) is 11.4. The molecule has 0 aliphatic heterocycles. The van der Waals surface area contributed by atoms with Crippen molar-refractivity contribution in [2.24, 2.45) is 0 Å². The van der Waals surface area contributed by atoms with Crippen LogP contribution >= 0.6 is 11.6 Å². The molecule has 1 heterocycles. The van der Waals surface area contributed by atoms with Crippen LogP contribution in [0.15, 0.2) is 53.4 Å². The number of hydrogen-bond acceptors (Lipinski definition) is 5. The van der Waals surface area contributed by atoms with Crippen LogP contribution in [0.3, 0.4) is 0 Å². The number of nitrogens with one attached hydrogen (secondary N) is 1. The normalized spacial score (nSPS) is 12.6. The highest BCUT2D eigenvalue weighted by Gasteiger charge is 2.21. The van der Waals surface area contributed by atoms with Gasteiger partial charge in [0.05, 0.1) is 27.3 Å². The number of amides is 1. The van der Waals surface area contributed by atoms with E-state index in [9.17, 15) is 27.1 Å². The summed E-state index contributed by atoms with van der Waals surface area (Å²) in [6.07, 6.45) is 0.559. The number of benzene rings is 2. The summed E-state index contributed by atoms with van der Waals surface area (Å²) in [5.41, 5.74) is 2.20. The van der Waals surface area contributed by atoms with Crippen LogP contribution in [0.5, 0.6) is 5.75 Å². The van der Waals surface area contributed by atoms with Gasteiger partial charge in [0.1, 0.15) is 5.75 Å². The van der Waals surface area contributed by atoms with E-state index in [-0.39, 0.29) is 22.1 Å². The van der Waals surface area contributed by atoms with Gasteiger partial charge < -0.3 is 19.7 Å². The van der Waals surface area contributed by atoms with Crippen LogP contribution in [-0.4, -0.2) is 43.0 Å². The average molecular weight is 513 g/mol. The number of anilines is 1. The molecule has 7 nitrogen and oxygen atoms in total. The van der Waals surface area contributed by atoms with Crippen molar-refractivity contribution in [1.29, 1.82) is 0 Å². The topological polar surface area (TPSA) is 97.6 Å². The molecule has 0 spiro atoms.